The average molecular weight is 524 g/mol. The fourth-order valence-electron chi connectivity index (χ4n) is 3.28. The van der Waals surface area contributed by atoms with Gasteiger partial charge in [-0.25, -0.2) is 4.98 Å². The molecule has 0 aliphatic carbocycles. The number of hydrogen-bond acceptors (Lipinski definition) is 5. The second-order valence-corrected chi connectivity index (χ2v) is 7.59. The Morgan fingerprint density at radius 1 is 1.24 bits per heavy atom. The Morgan fingerprint density at radius 3 is 2.72 bits per heavy atom. The van der Waals surface area contributed by atoms with Gasteiger partial charge in [0.2, 0.25) is 5.89 Å². The van der Waals surface area contributed by atoms with Crippen LogP contribution in [0.4, 0.5) is 0 Å². The Morgan fingerprint density at radius 2 is 2.03 bits per heavy atom. The van der Waals surface area contributed by atoms with Gasteiger partial charge in [0, 0.05) is 33.0 Å². The summed E-state index contributed by atoms with van der Waals surface area (Å²) in [6.07, 6.45) is 3.90. The first-order chi connectivity index (χ1) is 13.8. The fourth-order valence-corrected chi connectivity index (χ4v) is 3.94. The van der Waals surface area contributed by atoms with E-state index in [1.807, 2.05) is 54.9 Å². The number of nitrogens with one attached hydrogen (secondary N) is 1. The van der Waals surface area contributed by atoms with Crippen LogP contribution in [0.5, 0.6) is 5.75 Å². The average Bonchev–Trinajstić information content (AvgIpc) is 3.42. The Labute approximate surface area is 192 Å². The number of oxazole rings is 1. The number of guanidine groups is 1. The molecule has 1 aliphatic rings. The lowest BCUT2D eigenvalue weighted by Crippen LogP contribution is -2.47. The highest BCUT2D eigenvalue weighted by molar-refractivity contribution is 14.0. The zero-order chi connectivity index (χ0) is 19.2. The van der Waals surface area contributed by atoms with E-state index in [4.69, 9.17) is 9.15 Å². The van der Waals surface area contributed by atoms with Gasteiger partial charge < -0.3 is 19.4 Å². The molecule has 3 aromatic rings. The van der Waals surface area contributed by atoms with Gasteiger partial charge in [0.25, 0.3) is 0 Å². The number of nitrogens with zero attached hydrogens (tertiary/aromatic N) is 3. The topological polar surface area (TPSA) is 62.9 Å². The van der Waals surface area contributed by atoms with Crippen molar-refractivity contribution in [3.63, 3.8) is 0 Å². The maximum atomic E-state index is 6.08. The molecule has 4 rings (SSSR count). The number of benzene rings is 1. The van der Waals surface area contributed by atoms with E-state index in [0.717, 1.165) is 48.2 Å². The molecule has 1 saturated heterocycles. The Kier molecular flexibility index (Phi) is 7.93. The molecule has 3 heterocycles. The van der Waals surface area contributed by atoms with E-state index in [1.54, 1.807) is 17.6 Å². The monoisotopic (exact) mass is 524 g/mol. The van der Waals surface area contributed by atoms with Crippen LogP contribution in [0.2, 0.25) is 0 Å². The summed E-state index contributed by atoms with van der Waals surface area (Å²) in [5, 5.41) is 5.41. The van der Waals surface area contributed by atoms with Crippen molar-refractivity contribution in [3.8, 4) is 16.5 Å². The van der Waals surface area contributed by atoms with Crippen molar-refractivity contribution in [3.05, 3.63) is 59.8 Å². The largest absolute Gasteiger partial charge is 0.490 e. The van der Waals surface area contributed by atoms with Gasteiger partial charge >= 0.3 is 0 Å². The molecule has 0 spiro atoms. The summed E-state index contributed by atoms with van der Waals surface area (Å²) in [5.41, 5.74) is 0.867. The van der Waals surface area contributed by atoms with Crippen LogP contribution in [0.1, 0.15) is 18.5 Å². The zero-order valence-corrected chi connectivity index (χ0v) is 19.4. The summed E-state index contributed by atoms with van der Waals surface area (Å²) in [5.74, 6) is 2.50. The lowest BCUT2D eigenvalue weighted by Gasteiger charge is -2.34. The van der Waals surface area contributed by atoms with E-state index in [2.05, 4.69) is 20.2 Å². The molecule has 0 radical (unpaired) electrons. The van der Waals surface area contributed by atoms with Gasteiger partial charge in [0.05, 0.1) is 17.1 Å². The van der Waals surface area contributed by atoms with Gasteiger partial charge in [-0.05, 0) is 23.6 Å². The number of thiophene rings is 1. The summed E-state index contributed by atoms with van der Waals surface area (Å²) in [7, 11) is 1.81. The molecule has 0 bridgehead atoms. The normalized spacial score (nSPS) is 15.1. The first-order valence-electron chi connectivity index (χ1n) is 9.47. The Bertz CT molecular complexity index is 891. The van der Waals surface area contributed by atoms with Gasteiger partial charge in [0.15, 0.2) is 5.96 Å². The molecule has 29 heavy (non-hydrogen) atoms. The summed E-state index contributed by atoms with van der Waals surface area (Å²) < 4.78 is 11.7. The SMILES string of the molecule is CN=C(NCc1coc(-c2cccs2)n1)N1CCC(Oc2ccccc2)CC1.I. The molecule has 1 fully saturated rings. The van der Waals surface area contributed by atoms with Crippen molar-refractivity contribution in [2.75, 3.05) is 20.1 Å². The van der Waals surface area contributed by atoms with Gasteiger partial charge in [-0.3, -0.25) is 4.99 Å². The zero-order valence-electron chi connectivity index (χ0n) is 16.3. The standard InChI is InChI=1S/C21H24N4O2S.HI/c1-22-21(23-14-16-15-26-20(24-16)19-8-5-13-28-19)25-11-9-18(10-12-25)27-17-6-3-2-4-7-17;/h2-8,13,15,18H,9-12,14H2,1H3,(H,22,23);1H. The number of aliphatic imine (C=N–C) groups is 1. The van der Waals surface area contributed by atoms with Crippen molar-refractivity contribution in [1.29, 1.82) is 0 Å². The Hall–Kier alpha value is -2.07. The molecule has 1 N–H and O–H groups in total. The molecule has 2 aromatic heterocycles. The summed E-state index contributed by atoms with van der Waals surface area (Å²) in [6, 6.07) is 14.0. The summed E-state index contributed by atoms with van der Waals surface area (Å²) in [6.45, 7) is 2.41. The molecule has 6 nitrogen and oxygen atoms in total. The number of ether oxygens (including phenoxy) is 1. The maximum absolute atomic E-state index is 6.08. The van der Waals surface area contributed by atoms with Crippen molar-refractivity contribution < 1.29 is 9.15 Å². The lowest BCUT2D eigenvalue weighted by molar-refractivity contribution is 0.129. The van der Waals surface area contributed by atoms with Crippen LogP contribution < -0.4 is 10.1 Å². The number of rotatable bonds is 5. The number of piperidine rings is 1. The molecule has 0 amide bonds. The van der Waals surface area contributed by atoms with Crippen LogP contribution in [-0.2, 0) is 6.54 Å². The van der Waals surface area contributed by atoms with Crippen molar-refractivity contribution in [1.82, 2.24) is 15.2 Å². The molecular weight excluding hydrogens is 499 g/mol. The summed E-state index contributed by atoms with van der Waals surface area (Å²) >= 11 is 1.62. The molecule has 0 saturated carbocycles. The lowest BCUT2D eigenvalue weighted by atomic mass is 10.1. The number of para-hydroxylation sites is 1. The van der Waals surface area contributed by atoms with Crippen LogP contribution in [0, 0.1) is 0 Å². The number of likely N-dealkylation sites (tertiary alicyclic amines) is 1. The molecule has 154 valence electrons. The highest BCUT2D eigenvalue weighted by Gasteiger charge is 2.22. The second-order valence-electron chi connectivity index (χ2n) is 6.64. The van der Waals surface area contributed by atoms with Crippen molar-refractivity contribution in [2.45, 2.75) is 25.5 Å². The van der Waals surface area contributed by atoms with Gasteiger partial charge in [-0.1, -0.05) is 24.3 Å². The summed E-state index contributed by atoms with van der Waals surface area (Å²) in [4.78, 5) is 12.3. The van der Waals surface area contributed by atoms with Gasteiger partial charge in [0.1, 0.15) is 18.1 Å². The van der Waals surface area contributed by atoms with Crippen LogP contribution in [0.15, 0.2) is 63.5 Å². The predicted octanol–water partition coefficient (Wildman–Crippen LogP) is 4.64. The highest BCUT2D eigenvalue weighted by Crippen LogP contribution is 2.23. The van der Waals surface area contributed by atoms with E-state index < -0.39 is 0 Å². The van der Waals surface area contributed by atoms with Gasteiger partial charge in [-0.15, -0.1) is 35.3 Å². The quantitative estimate of drug-likeness (QED) is 0.300. The van der Waals surface area contributed by atoms with Crippen LogP contribution in [-0.4, -0.2) is 42.1 Å². The third-order valence-electron chi connectivity index (χ3n) is 4.71. The first kappa shape index (κ1) is 21.6. The van der Waals surface area contributed by atoms with Gasteiger partial charge in [-0.2, -0.15) is 0 Å². The minimum atomic E-state index is 0. The van der Waals surface area contributed by atoms with Crippen LogP contribution in [0.3, 0.4) is 0 Å². The second kappa shape index (κ2) is 10.6. The van der Waals surface area contributed by atoms with Crippen molar-refractivity contribution >= 4 is 41.3 Å². The minimum Gasteiger partial charge on any atom is -0.490 e. The van der Waals surface area contributed by atoms with E-state index >= 15 is 0 Å². The molecule has 1 aromatic carbocycles. The van der Waals surface area contributed by atoms with Crippen molar-refractivity contribution in [2.24, 2.45) is 4.99 Å². The van der Waals surface area contributed by atoms with E-state index in [-0.39, 0.29) is 30.1 Å². The molecule has 0 unspecified atom stereocenters. The predicted molar refractivity (Wildman–Crippen MR) is 127 cm³/mol. The maximum Gasteiger partial charge on any atom is 0.236 e. The minimum absolute atomic E-state index is 0. The number of halogens is 1. The van der Waals surface area contributed by atoms with E-state index in [9.17, 15) is 0 Å². The van der Waals surface area contributed by atoms with Crippen LogP contribution in [0.25, 0.3) is 10.8 Å². The van der Waals surface area contributed by atoms with E-state index in [0.29, 0.717) is 12.4 Å². The highest BCUT2D eigenvalue weighted by atomic mass is 127. The number of aromatic nitrogens is 1. The van der Waals surface area contributed by atoms with E-state index in [1.165, 1.54) is 0 Å². The smallest absolute Gasteiger partial charge is 0.236 e. The first-order valence-corrected chi connectivity index (χ1v) is 10.4. The molecular formula is C21H25IN4O2S. The van der Waals surface area contributed by atoms with Crippen LogP contribution >= 0.6 is 35.3 Å². The third-order valence-corrected chi connectivity index (χ3v) is 5.57. The number of hydrogen-bond donors (Lipinski definition) is 1. The molecule has 1 aliphatic heterocycles. The third kappa shape index (κ3) is 5.72. The molecule has 8 heteroatoms. The molecule has 0 atom stereocenters. The Balaban J connectivity index is 0.00000240. The fraction of sp³-hybridized carbons (Fsp3) is 0.333.